The number of hydrogen-bond donors (Lipinski definition) is 0. The van der Waals surface area contributed by atoms with Gasteiger partial charge < -0.3 is 0 Å². The highest BCUT2D eigenvalue weighted by molar-refractivity contribution is 8.00. The summed E-state index contributed by atoms with van der Waals surface area (Å²) >= 11 is 8.96. The van der Waals surface area contributed by atoms with E-state index in [0.717, 1.165) is 20.5 Å². The quantitative estimate of drug-likeness (QED) is 0.459. The van der Waals surface area contributed by atoms with Crippen molar-refractivity contribution in [1.82, 2.24) is 4.98 Å². The number of thiazole rings is 1. The molecular weight excluding hydrogens is 246 g/mol. The molecule has 0 fully saturated rings. The van der Waals surface area contributed by atoms with Gasteiger partial charge in [0.25, 0.3) is 0 Å². The molecule has 0 aliphatic carbocycles. The first kappa shape index (κ1) is 12.6. The number of halogens is 1. The van der Waals surface area contributed by atoms with E-state index in [0.29, 0.717) is 5.88 Å². The van der Waals surface area contributed by atoms with Crippen molar-refractivity contribution < 1.29 is 0 Å². The van der Waals surface area contributed by atoms with Crippen LogP contribution in [0.25, 0.3) is 6.08 Å². The van der Waals surface area contributed by atoms with Crippen LogP contribution in [0.1, 0.15) is 17.5 Å². The fourth-order valence-corrected chi connectivity index (χ4v) is 2.44. The fourth-order valence-electron chi connectivity index (χ4n) is 0.862. The third-order valence-corrected chi connectivity index (χ3v) is 4.17. The molecule has 15 heavy (non-hydrogen) atoms. The minimum absolute atomic E-state index is 0.499. The predicted molar refractivity (Wildman–Crippen MR) is 70.0 cm³/mol. The van der Waals surface area contributed by atoms with E-state index in [4.69, 9.17) is 11.6 Å². The van der Waals surface area contributed by atoms with E-state index in [1.165, 1.54) is 0 Å². The maximum Gasteiger partial charge on any atom is 0.150 e. The van der Waals surface area contributed by atoms with Crippen molar-refractivity contribution in [3.63, 3.8) is 0 Å². The van der Waals surface area contributed by atoms with Gasteiger partial charge in [0.05, 0.1) is 16.5 Å². The lowest BCUT2D eigenvalue weighted by Gasteiger charge is -1.82. The molecule has 0 spiro atoms. The predicted octanol–water partition coefficient (Wildman–Crippen LogP) is 4.13. The Labute approximate surface area is 104 Å². The zero-order valence-corrected chi connectivity index (χ0v) is 11.3. The number of hydrogen-bond acceptors (Lipinski definition) is 3. The lowest BCUT2D eigenvalue weighted by molar-refractivity contribution is 1.16. The van der Waals surface area contributed by atoms with Gasteiger partial charge in [0.15, 0.2) is 0 Å². The molecule has 0 aliphatic rings. The van der Waals surface area contributed by atoms with Crippen molar-refractivity contribution in [2.45, 2.75) is 18.2 Å². The second-order valence-electron chi connectivity index (χ2n) is 2.96. The summed E-state index contributed by atoms with van der Waals surface area (Å²) in [5.41, 5.74) is 8.01. The zero-order chi connectivity index (χ0) is 11.3. The van der Waals surface area contributed by atoms with Gasteiger partial charge in [-0.15, -0.1) is 22.9 Å². The molecule has 1 nitrogen and oxygen atoms in total. The fraction of sp³-hybridized carbons (Fsp3) is 0.364. The lowest BCUT2D eigenvalue weighted by atomic mass is 10.3. The van der Waals surface area contributed by atoms with Crippen molar-refractivity contribution in [3.05, 3.63) is 27.6 Å². The minimum atomic E-state index is 0.499. The number of alkyl halides is 1. The first-order chi connectivity index (χ1) is 7.17. The van der Waals surface area contributed by atoms with Crippen molar-refractivity contribution in [2.75, 3.05) is 12.1 Å². The van der Waals surface area contributed by atoms with Crippen LogP contribution in [0.3, 0.4) is 0 Å². The molecule has 0 saturated carbocycles. The van der Waals surface area contributed by atoms with Crippen LogP contribution >= 0.6 is 34.7 Å². The molecule has 0 bridgehead atoms. The highest BCUT2D eigenvalue weighted by atomic mass is 35.5. The molecule has 0 N–H and O–H groups in total. The molecule has 4 heteroatoms. The number of allylic oxidation sites excluding steroid dienone is 1. The Kier molecular flexibility index (Phi) is 5.24. The molecule has 1 aromatic heterocycles. The summed E-state index contributed by atoms with van der Waals surface area (Å²) in [7, 11) is 0. The van der Waals surface area contributed by atoms with Crippen LogP contribution in [0.2, 0.25) is 0 Å². The largest absolute Gasteiger partial charge is 0.234 e. The van der Waals surface area contributed by atoms with E-state index in [-0.39, 0.29) is 0 Å². The molecule has 80 valence electrons. The second-order valence-corrected chi connectivity index (χ2v) is 5.31. The van der Waals surface area contributed by atoms with Gasteiger partial charge in [0.2, 0.25) is 0 Å². The highest BCUT2D eigenvalue weighted by Gasteiger charge is 2.02. The third-order valence-electron chi connectivity index (χ3n) is 1.68. The van der Waals surface area contributed by atoms with Crippen LogP contribution in [0.5, 0.6) is 0 Å². The van der Waals surface area contributed by atoms with E-state index in [2.05, 4.69) is 16.4 Å². The molecule has 1 rings (SSSR count). The number of thioether (sulfide) groups is 1. The average molecular weight is 258 g/mol. The van der Waals surface area contributed by atoms with Gasteiger partial charge in [-0.1, -0.05) is 23.2 Å². The number of aryl methyl sites for hydroxylation is 1. The molecule has 1 aromatic rings. The molecule has 1 heterocycles. The Balaban J connectivity index is 2.99. The van der Waals surface area contributed by atoms with E-state index in [1.807, 2.05) is 26.2 Å². The van der Waals surface area contributed by atoms with Crippen LogP contribution in [-0.4, -0.2) is 17.1 Å². The Morgan fingerprint density at radius 2 is 2.40 bits per heavy atom. The first-order valence-corrected chi connectivity index (χ1v) is 6.99. The SMILES string of the molecule is CSc1nc(C)c(C=C=C=C(C)CCl)s1. The number of aromatic nitrogens is 1. The Morgan fingerprint density at radius 3 is 2.93 bits per heavy atom. The van der Waals surface area contributed by atoms with Gasteiger partial charge in [-0.3, -0.25) is 0 Å². The smallest absolute Gasteiger partial charge is 0.150 e. The zero-order valence-electron chi connectivity index (χ0n) is 8.93. The average Bonchev–Trinajstić information content (AvgIpc) is 2.59. The van der Waals surface area contributed by atoms with Gasteiger partial charge in [-0.05, 0) is 25.7 Å². The number of nitrogens with zero attached hydrogens (tertiary/aromatic N) is 1. The third kappa shape index (κ3) is 3.90. The summed E-state index contributed by atoms with van der Waals surface area (Å²) in [5.74, 6) is 0.499. The Bertz CT molecular complexity index is 435. The molecular formula is C11H12ClNS2. The topological polar surface area (TPSA) is 12.9 Å². The molecule has 0 aliphatic heterocycles. The van der Waals surface area contributed by atoms with Gasteiger partial charge in [0.1, 0.15) is 4.34 Å². The van der Waals surface area contributed by atoms with Crippen molar-refractivity contribution in [3.8, 4) is 0 Å². The second kappa shape index (κ2) is 6.22. The van der Waals surface area contributed by atoms with Gasteiger partial charge in [-0.2, -0.15) is 0 Å². The summed E-state index contributed by atoms with van der Waals surface area (Å²) < 4.78 is 1.08. The van der Waals surface area contributed by atoms with Crippen LogP contribution < -0.4 is 0 Å². The van der Waals surface area contributed by atoms with Crippen molar-refractivity contribution in [2.24, 2.45) is 0 Å². The summed E-state index contributed by atoms with van der Waals surface area (Å²) in [5, 5.41) is 0. The normalized spacial score (nSPS) is 9.33. The maximum atomic E-state index is 5.63. The van der Waals surface area contributed by atoms with Crippen LogP contribution in [0.15, 0.2) is 21.4 Å². The summed E-state index contributed by atoms with van der Waals surface area (Å²) in [4.78, 5) is 5.53. The van der Waals surface area contributed by atoms with E-state index in [9.17, 15) is 0 Å². The minimum Gasteiger partial charge on any atom is -0.234 e. The molecule has 0 saturated heterocycles. The Hall–Kier alpha value is -0.430. The van der Waals surface area contributed by atoms with Crippen LogP contribution in [-0.2, 0) is 0 Å². The first-order valence-electron chi connectivity index (χ1n) is 4.42. The van der Waals surface area contributed by atoms with Crippen molar-refractivity contribution in [1.29, 1.82) is 0 Å². The maximum absolute atomic E-state index is 5.63. The van der Waals surface area contributed by atoms with Gasteiger partial charge in [-0.25, -0.2) is 4.98 Å². The molecule has 0 radical (unpaired) electrons. The highest BCUT2D eigenvalue weighted by Crippen LogP contribution is 2.25. The number of rotatable bonds is 3. The van der Waals surface area contributed by atoms with E-state index >= 15 is 0 Å². The van der Waals surface area contributed by atoms with E-state index in [1.54, 1.807) is 23.1 Å². The molecule has 0 unspecified atom stereocenters. The van der Waals surface area contributed by atoms with Crippen molar-refractivity contribution >= 4 is 40.8 Å². The monoisotopic (exact) mass is 257 g/mol. The summed E-state index contributed by atoms with van der Waals surface area (Å²) in [6.07, 6.45) is 3.93. The van der Waals surface area contributed by atoms with Gasteiger partial charge >= 0.3 is 0 Å². The molecule has 0 aromatic carbocycles. The van der Waals surface area contributed by atoms with Crippen LogP contribution in [0.4, 0.5) is 0 Å². The molecule has 0 atom stereocenters. The van der Waals surface area contributed by atoms with E-state index < -0.39 is 0 Å². The van der Waals surface area contributed by atoms with Crippen LogP contribution in [0, 0.1) is 6.92 Å². The Morgan fingerprint density at radius 1 is 1.67 bits per heavy atom. The lowest BCUT2D eigenvalue weighted by Crippen LogP contribution is -1.72. The molecule has 0 amide bonds. The standard InChI is InChI=1S/C11H12ClNS2/c1-8(7-12)5-4-6-10-9(2)13-11(14-3)15-10/h6H,7H2,1-3H3. The van der Waals surface area contributed by atoms with Gasteiger partial charge in [0, 0.05) is 6.08 Å². The summed E-state index contributed by atoms with van der Waals surface area (Å²) in [6, 6.07) is 0. The summed E-state index contributed by atoms with van der Waals surface area (Å²) in [6.45, 7) is 3.93.